The van der Waals surface area contributed by atoms with Crippen molar-refractivity contribution in [3.8, 4) is 5.75 Å². The first-order chi connectivity index (χ1) is 11.2. The number of allylic oxidation sites excluding steroid dienone is 2. The Bertz CT molecular complexity index is 652. The Labute approximate surface area is 136 Å². The van der Waals surface area contributed by atoms with Crippen LogP contribution in [0.3, 0.4) is 0 Å². The number of carbonyl (C=O) groups excluding carboxylic acids is 1. The normalized spacial score (nSPS) is 20.9. The van der Waals surface area contributed by atoms with Crippen molar-refractivity contribution in [3.63, 3.8) is 0 Å². The average molecular weight is 343 g/mol. The second-order valence-corrected chi connectivity index (χ2v) is 5.60. The zero-order chi connectivity index (χ0) is 17.9. The molecule has 5 nitrogen and oxygen atoms in total. The lowest BCUT2D eigenvalue weighted by atomic mass is 9.79. The molecule has 0 spiro atoms. The number of alkyl halides is 3. The molecular weight excluding hydrogens is 327 g/mol. The number of benzene rings is 1. The highest BCUT2D eigenvalue weighted by atomic mass is 19.4. The third-order valence-electron chi connectivity index (χ3n) is 3.76. The molecule has 8 heteroatoms. The Hall–Kier alpha value is -2.51. The van der Waals surface area contributed by atoms with Gasteiger partial charge in [-0.05, 0) is 44.0 Å². The van der Waals surface area contributed by atoms with Gasteiger partial charge < -0.3 is 15.2 Å². The Morgan fingerprint density at radius 1 is 1.21 bits per heavy atom. The molecule has 0 saturated carbocycles. The average Bonchev–Trinajstić information content (AvgIpc) is 2.47. The fourth-order valence-corrected chi connectivity index (χ4v) is 2.59. The minimum absolute atomic E-state index is 0.269. The van der Waals surface area contributed by atoms with Crippen LogP contribution >= 0.6 is 0 Å². The van der Waals surface area contributed by atoms with Crippen molar-refractivity contribution in [1.82, 2.24) is 0 Å². The molecule has 1 aliphatic carbocycles. The van der Waals surface area contributed by atoms with Gasteiger partial charge in [-0.2, -0.15) is 0 Å². The lowest BCUT2D eigenvalue weighted by Gasteiger charge is -2.26. The topological polar surface area (TPSA) is 75.6 Å². The highest BCUT2D eigenvalue weighted by molar-refractivity contribution is 5.95. The summed E-state index contributed by atoms with van der Waals surface area (Å²) in [6.45, 7) is 1.82. The number of rotatable bonds is 4. The van der Waals surface area contributed by atoms with Crippen LogP contribution in [0.2, 0.25) is 0 Å². The second kappa shape index (κ2) is 6.94. The fraction of sp³-hybridized carbons (Fsp3) is 0.375. The van der Waals surface area contributed by atoms with Crippen molar-refractivity contribution in [1.29, 1.82) is 0 Å². The lowest BCUT2D eigenvalue weighted by molar-refractivity contribution is -0.274. The standard InChI is InChI=1S/C16H16F3NO4/c1-9-2-7-12(15(22)23)13(8-9)14(21)20-10-3-5-11(6-4-10)24-16(17,18)19/h2-6,12-13H,7-8H2,1H3,(H,20,21)(H,22,23)/t12-,13-/m1/s1. The number of ether oxygens (including phenoxy) is 1. The number of carboxylic acid groups (broad SMARTS) is 1. The molecule has 0 saturated heterocycles. The maximum absolute atomic E-state index is 12.3. The van der Waals surface area contributed by atoms with E-state index in [0.717, 1.165) is 17.7 Å². The Balaban J connectivity index is 2.05. The van der Waals surface area contributed by atoms with Crippen molar-refractivity contribution in [2.75, 3.05) is 5.32 Å². The van der Waals surface area contributed by atoms with E-state index in [-0.39, 0.29) is 12.1 Å². The maximum Gasteiger partial charge on any atom is 0.573 e. The van der Waals surface area contributed by atoms with Crippen LogP contribution in [0.4, 0.5) is 18.9 Å². The zero-order valence-corrected chi connectivity index (χ0v) is 12.8. The molecule has 130 valence electrons. The summed E-state index contributed by atoms with van der Waals surface area (Å²) in [5, 5.41) is 11.8. The number of carboxylic acids is 1. The van der Waals surface area contributed by atoms with E-state index in [1.54, 1.807) is 6.08 Å². The van der Waals surface area contributed by atoms with Gasteiger partial charge in [0.25, 0.3) is 0 Å². The molecule has 2 atom stereocenters. The van der Waals surface area contributed by atoms with Crippen molar-refractivity contribution in [2.45, 2.75) is 26.1 Å². The number of carbonyl (C=O) groups is 2. The van der Waals surface area contributed by atoms with Crippen LogP contribution in [0, 0.1) is 11.8 Å². The predicted molar refractivity (Wildman–Crippen MR) is 79.4 cm³/mol. The van der Waals surface area contributed by atoms with E-state index in [1.807, 2.05) is 6.92 Å². The molecule has 2 N–H and O–H groups in total. The molecule has 2 rings (SSSR count). The minimum Gasteiger partial charge on any atom is -0.481 e. The van der Waals surface area contributed by atoms with Crippen molar-refractivity contribution >= 4 is 17.6 Å². The van der Waals surface area contributed by atoms with Crippen LogP contribution in [0.15, 0.2) is 35.9 Å². The van der Waals surface area contributed by atoms with E-state index in [4.69, 9.17) is 0 Å². The van der Waals surface area contributed by atoms with Gasteiger partial charge in [0.2, 0.25) is 5.91 Å². The number of amides is 1. The second-order valence-electron chi connectivity index (χ2n) is 5.60. The molecule has 0 aromatic heterocycles. The number of hydrogen-bond acceptors (Lipinski definition) is 3. The SMILES string of the molecule is CC1=CC[C@@H](C(=O)O)[C@H](C(=O)Nc2ccc(OC(F)(F)F)cc2)C1. The first-order valence-corrected chi connectivity index (χ1v) is 7.21. The summed E-state index contributed by atoms with van der Waals surface area (Å²) >= 11 is 0. The van der Waals surface area contributed by atoms with Crippen molar-refractivity contribution in [2.24, 2.45) is 11.8 Å². The number of anilines is 1. The third-order valence-corrected chi connectivity index (χ3v) is 3.76. The number of halogens is 3. The molecule has 0 aliphatic heterocycles. The van der Waals surface area contributed by atoms with Crippen LogP contribution in [0.1, 0.15) is 19.8 Å². The molecule has 0 radical (unpaired) electrons. The van der Waals surface area contributed by atoms with Gasteiger partial charge in [-0.1, -0.05) is 11.6 Å². The van der Waals surface area contributed by atoms with Gasteiger partial charge in [-0.3, -0.25) is 9.59 Å². The fourth-order valence-electron chi connectivity index (χ4n) is 2.59. The highest BCUT2D eigenvalue weighted by Gasteiger charge is 2.35. The van der Waals surface area contributed by atoms with Crippen LogP contribution < -0.4 is 10.1 Å². The summed E-state index contributed by atoms with van der Waals surface area (Å²) < 4.78 is 40.0. The Kier molecular flexibility index (Phi) is 5.16. The Morgan fingerprint density at radius 2 is 1.83 bits per heavy atom. The first-order valence-electron chi connectivity index (χ1n) is 7.21. The van der Waals surface area contributed by atoms with Gasteiger partial charge >= 0.3 is 12.3 Å². The molecule has 1 amide bonds. The smallest absolute Gasteiger partial charge is 0.481 e. The van der Waals surface area contributed by atoms with Gasteiger partial charge in [-0.15, -0.1) is 13.2 Å². The highest BCUT2D eigenvalue weighted by Crippen LogP contribution is 2.31. The van der Waals surface area contributed by atoms with Gasteiger partial charge in [0.15, 0.2) is 0 Å². The van der Waals surface area contributed by atoms with E-state index in [9.17, 15) is 27.9 Å². The van der Waals surface area contributed by atoms with E-state index in [1.165, 1.54) is 12.1 Å². The van der Waals surface area contributed by atoms with Crippen LogP contribution in [0.25, 0.3) is 0 Å². The molecule has 0 fully saturated rings. The van der Waals surface area contributed by atoms with E-state index in [0.29, 0.717) is 6.42 Å². The van der Waals surface area contributed by atoms with Crippen LogP contribution in [-0.2, 0) is 9.59 Å². The maximum atomic E-state index is 12.3. The molecule has 1 aliphatic rings. The van der Waals surface area contributed by atoms with Crippen LogP contribution in [-0.4, -0.2) is 23.3 Å². The largest absolute Gasteiger partial charge is 0.573 e. The van der Waals surface area contributed by atoms with Crippen LogP contribution in [0.5, 0.6) is 5.75 Å². The van der Waals surface area contributed by atoms with E-state index in [2.05, 4.69) is 10.1 Å². The molecule has 1 aromatic carbocycles. The molecule has 0 unspecified atom stereocenters. The van der Waals surface area contributed by atoms with Gasteiger partial charge in [0, 0.05) is 5.69 Å². The predicted octanol–water partition coefficient (Wildman–Crippen LogP) is 3.58. The van der Waals surface area contributed by atoms with Crippen molar-refractivity contribution in [3.05, 3.63) is 35.9 Å². The quantitative estimate of drug-likeness (QED) is 0.820. The summed E-state index contributed by atoms with van der Waals surface area (Å²) in [5.41, 5.74) is 1.20. The number of hydrogen-bond donors (Lipinski definition) is 2. The molecule has 24 heavy (non-hydrogen) atoms. The third kappa shape index (κ3) is 4.74. The molecule has 1 aromatic rings. The van der Waals surface area contributed by atoms with Gasteiger partial charge in [0.1, 0.15) is 5.75 Å². The van der Waals surface area contributed by atoms with E-state index < -0.39 is 35.8 Å². The minimum atomic E-state index is -4.79. The molecule has 0 heterocycles. The number of nitrogens with one attached hydrogen (secondary N) is 1. The first kappa shape index (κ1) is 17.8. The summed E-state index contributed by atoms with van der Waals surface area (Å²) in [6.07, 6.45) is -2.38. The van der Waals surface area contributed by atoms with Gasteiger partial charge in [-0.25, -0.2) is 0 Å². The molecular formula is C16H16F3NO4. The summed E-state index contributed by atoms with van der Waals surface area (Å²) in [7, 11) is 0. The Morgan fingerprint density at radius 3 is 2.38 bits per heavy atom. The van der Waals surface area contributed by atoms with E-state index >= 15 is 0 Å². The zero-order valence-electron chi connectivity index (χ0n) is 12.8. The lowest BCUT2D eigenvalue weighted by Crippen LogP contribution is -2.35. The summed E-state index contributed by atoms with van der Waals surface area (Å²) in [5.74, 6) is -3.47. The molecule has 0 bridgehead atoms. The summed E-state index contributed by atoms with van der Waals surface area (Å²) in [6, 6.07) is 4.67. The number of aliphatic carboxylic acids is 1. The monoisotopic (exact) mass is 343 g/mol. The van der Waals surface area contributed by atoms with Gasteiger partial charge in [0.05, 0.1) is 11.8 Å². The summed E-state index contributed by atoms with van der Waals surface area (Å²) in [4.78, 5) is 23.6. The van der Waals surface area contributed by atoms with Crippen molar-refractivity contribution < 1.29 is 32.6 Å².